The van der Waals surface area contributed by atoms with Crippen LogP contribution in [0.25, 0.3) is 0 Å². The summed E-state index contributed by atoms with van der Waals surface area (Å²) < 4.78 is 3.83. The first-order valence-corrected chi connectivity index (χ1v) is 9.49. The minimum absolute atomic E-state index is 0. The van der Waals surface area contributed by atoms with E-state index < -0.39 is 0 Å². The van der Waals surface area contributed by atoms with Crippen LogP contribution in [0.3, 0.4) is 0 Å². The molecule has 0 spiro atoms. The van der Waals surface area contributed by atoms with E-state index in [1.807, 2.05) is 0 Å². The van der Waals surface area contributed by atoms with E-state index in [2.05, 4.69) is 80.3 Å². The summed E-state index contributed by atoms with van der Waals surface area (Å²) >= 11 is 32.0. The van der Waals surface area contributed by atoms with Gasteiger partial charge in [0, 0.05) is 0 Å². The average Bonchev–Trinajstić information content (AvgIpc) is 3.06. The van der Waals surface area contributed by atoms with Crippen LogP contribution in [0, 0.1) is 15.8 Å². The third-order valence-corrected chi connectivity index (χ3v) is 5.02. The predicted octanol–water partition coefficient (Wildman–Crippen LogP) is 2.42. The number of hydrogen-bond donors (Lipinski definition) is 4. The molecule has 0 aromatic carbocycles. The Morgan fingerprint density at radius 2 is 1.00 bits per heavy atom. The molecule has 8 N–H and O–H groups in total. The fraction of sp³-hybridized carbons (Fsp3) is 0. The first-order valence-electron chi connectivity index (χ1n) is 4.59. The Balaban J connectivity index is -0.000000259. The van der Waals surface area contributed by atoms with Crippen molar-refractivity contribution in [1.82, 2.24) is 30.6 Å². The summed E-state index contributed by atoms with van der Waals surface area (Å²) in [7, 11) is 0. The first kappa shape index (κ1) is 29.2. The molecule has 0 aliphatic heterocycles. The minimum atomic E-state index is 0. The van der Waals surface area contributed by atoms with Gasteiger partial charge in [0.15, 0.2) is 7.91 Å². The summed E-state index contributed by atoms with van der Waals surface area (Å²) in [5, 5.41) is 17.7. The molecule has 8 nitrogen and oxygen atoms in total. The van der Waals surface area contributed by atoms with Gasteiger partial charge in [0.05, 0.1) is 7.91 Å². The smallest absolute Gasteiger partial charge is 0.412 e. The van der Waals surface area contributed by atoms with Crippen molar-refractivity contribution in [3.8, 4) is 0 Å². The second-order valence-electron chi connectivity index (χ2n) is 2.69. The molecule has 3 rings (SSSR count). The van der Waals surface area contributed by atoms with Gasteiger partial charge >= 0.3 is 17.1 Å². The van der Waals surface area contributed by atoms with Crippen molar-refractivity contribution in [1.29, 1.82) is 0 Å². The van der Waals surface area contributed by atoms with Gasteiger partial charge in [-0.15, -0.1) is 0 Å². The number of rotatable bonds is 0. The Labute approximate surface area is 189 Å². The van der Waals surface area contributed by atoms with Gasteiger partial charge in [-0.3, -0.25) is 20.4 Å². The minimum Gasteiger partial charge on any atom is -0.412 e. The largest absolute Gasteiger partial charge is 2.00 e. The molecule has 0 unspecified atom stereocenters. The molecule has 0 atom stereocenters. The molecule has 18 heteroatoms. The number of nitrogens with zero attached hydrogens (tertiary/aromatic N) is 2. The fourth-order valence-electron chi connectivity index (χ4n) is 0.670. The Hall–Kier alpha value is 0.439. The second kappa shape index (κ2) is 15.7. The fourth-order valence-corrected chi connectivity index (χ4v) is 3.96. The molecular weight excluding hydrogens is 533 g/mol. The monoisotopic (exact) mass is 540 g/mol. The van der Waals surface area contributed by atoms with Gasteiger partial charge in [-0.1, -0.05) is 35.8 Å². The summed E-state index contributed by atoms with van der Waals surface area (Å²) in [6.45, 7) is 0. The summed E-state index contributed by atoms with van der Waals surface area (Å²) in [5.74, 6) is 0. The van der Waals surface area contributed by atoms with Crippen LogP contribution in [0.1, 0.15) is 0 Å². The zero-order chi connectivity index (χ0) is 15.8. The molecule has 136 valence electrons. The summed E-state index contributed by atoms with van der Waals surface area (Å²) in [6.07, 6.45) is 0. The van der Waals surface area contributed by atoms with Crippen LogP contribution in [0.2, 0.25) is 0 Å². The zero-order valence-corrected chi connectivity index (χ0v) is 19.4. The van der Waals surface area contributed by atoms with Gasteiger partial charge in [-0.25, -0.2) is 0 Å². The quantitative estimate of drug-likeness (QED) is 0.193. The van der Waals surface area contributed by atoms with Gasteiger partial charge in [0.1, 0.15) is 0 Å². The van der Waals surface area contributed by atoms with Gasteiger partial charge in [0.25, 0.3) is 0 Å². The molecule has 24 heavy (non-hydrogen) atoms. The van der Waals surface area contributed by atoms with E-state index in [0.29, 0.717) is 24.5 Å². The van der Waals surface area contributed by atoms with E-state index in [0.717, 1.165) is 0 Å². The van der Waals surface area contributed by atoms with Crippen molar-refractivity contribution >= 4 is 108 Å². The number of hydrogen-bond acceptors (Lipinski definition) is 11. The van der Waals surface area contributed by atoms with E-state index in [4.69, 9.17) is 24.4 Å². The van der Waals surface area contributed by atoms with Gasteiger partial charge in [-0.2, -0.15) is 10.2 Å². The predicted molar refractivity (Wildman–Crippen MR) is 108 cm³/mol. The maximum Gasteiger partial charge on any atom is 2.00 e. The van der Waals surface area contributed by atoms with Crippen LogP contribution in [-0.2, 0) is 42.3 Å². The standard InChI is InChI=1S/3C2H2N2S3.Fe.2H2O/c3*5-1-3-4-2(6)7-1;;;/h3*(H,3,5)(H,4,6);;2*1H2/q;;;+2;;/p-2. The molecule has 0 aliphatic carbocycles. The molecule has 3 aromatic rings. The Morgan fingerprint density at radius 1 is 0.667 bits per heavy atom. The third-order valence-electron chi connectivity index (χ3n) is 1.29. The topological polar surface area (TPSA) is 152 Å². The Bertz CT molecular complexity index is 814. The van der Waals surface area contributed by atoms with E-state index in [1.165, 1.54) is 34.0 Å². The maximum absolute atomic E-state index is 4.70. The van der Waals surface area contributed by atoms with Crippen LogP contribution in [0.4, 0.5) is 0 Å². The SMILES string of the molecule is O.O.S=c1[nH][nH]c(=S)s1.S=c1[nH]nc([S-])s1.S=c1[nH]nc([S-])s1.[Fe+2]. The van der Waals surface area contributed by atoms with Crippen molar-refractivity contribution in [3.63, 3.8) is 0 Å². The van der Waals surface area contributed by atoms with E-state index in [1.54, 1.807) is 0 Å². The second-order valence-corrected chi connectivity index (χ2v) is 9.66. The molecular formula is C6H8FeN6O2S9. The molecule has 0 amide bonds. The molecule has 3 heterocycles. The van der Waals surface area contributed by atoms with Crippen molar-refractivity contribution in [2.75, 3.05) is 0 Å². The molecule has 3 aromatic heterocycles. The van der Waals surface area contributed by atoms with Gasteiger partial charge in [-0.05, 0) is 33.1 Å². The molecule has 0 radical (unpaired) electrons. The van der Waals surface area contributed by atoms with E-state index >= 15 is 0 Å². The molecule has 0 saturated heterocycles. The van der Waals surface area contributed by atoms with Crippen LogP contribution in [0.15, 0.2) is 8.68 Å². The Kier molecular flexibility index (Phi) is 19.1. The maximum atomic E-state index is 4.70. The molecule has 0 aliphatic rings. The number of nitrogens with one attached hydrogen (secondary N) is 4. The van der Waals surface area contributed by atoms with Gasteiger partial charge in [0.2, 0.25) is 0 Å². The summed E-state index contributed by atoms with van der Waals surface area (Å²) in [4.78, 5) is 0. The zero-order valence-electron chi connectivity index (χ0n) is 10.9. The van der Waals surface area contributed by atoms with E-state index in [9.17, 15) is 0 Å². The average molecular weight is 541 g/mol. The van der Waals surface area contributed by atoms with Crippen molar-refractivity contribution in [2.45, 2.75) is 8.68 Å². The number of H-pyrrole nitrogens is 4. The normalized spacial score (nSPS) is 8.00. The summed E-state index contributed by atoms with van der Waals surface area (Å²) in [5.41, 5.74) is 0. The van der Waals surface area contributed by atoms with Crippen molar-refractivity contribution in [2.24, 2.45) is 0 Å². The van der Waals surface area contributed by atoms with Gasteiger partial charge < -0.3 is 58.9 Å². The molecule has 0 saturated carbocycles. The first-order chi connectivity index (χ1) is 9.86. The number of aromatic amines is 4. The third kappa shape index (κ3) is 13.7. The van der Waals surface area contributed by atoms with Crippen molar-refractivity contribution in [3.05, 3.63) is 15.8 Å². The van der Waals surface area contributed by atoms with E-state index in [-0.39, 0.29) is 28.0 Å². The molecule has 0 fully saturated rings. The van der Waals surface area contributed by atoms with Crippen molar-refractivity contribution < 1.29 is 28.0 Å². The van der Waals surface area contributed by atoms with Crippen LogP contribution in [0.5, 0.6) is 0 Å². The summed E-state index contributed by atoms with van der Waals surface area (Å²) in [6, 6.07) is 0. The Morgan fingerprint density at radius 3 is 1.08 bits per heavy atom. The van der Waals surface area contributed by atoms with Crippen LogP contribution in [-0.4, -0.2) is 41.5 Å². The molecule has 0 bridgehead atoms. The van der Waals surface area contributed by atoms with Crippen LogP contribution >= 0.6 is 82.9 Å². The van der Waals surface area contributed by atoms with Crippen LogP contribution < -0.4 is 0 Å². The number of aromatic nitrogens is 6.